The second kappa shape index (κ2) is 9.11. The summed E-state index contributed by atoms with van der Waals surface area (Å²) < 4.78 is 5.43. The average Bonchev–Trinajstić information content (AvgIpc) is 2.34. The average molecular weight is 256 g/mol. The van der Waals surface area contributed by atoms with Gasteiger partial charge in [-0.1, -0.05) is 19.9 Å². The molecule has 2 N–H and O–H groups in total. The van der Waals surface area contributed by atoms with Crippen LogP contribution in [0, 0.1) is 5.92 Å². The summed E-state index contributed by atoms with van der Waals surface area (Å²) in [4.78, 5) is 13.6. The van der Waals surface area contributed by atoms with Crippen molar-refractivity contribution in [1.82, 2.24) is 4.90 Å². The van der Waals surface area contributed by atoms with Gasteiger partial charge in [0.1, 0.15) is 6.10 Å². The Balaban J connectivity index is 3.97. The fourth-order valence-corrected chi connectivity index (χ4v) is 1.50. The molecule has 0 fully saturated rings. The van der Waals surface area contributed by atoms with Gasteiger partial charge in [0, 0.05) is 19.6 Å². The van der Waals surface area contributed by atoms with E-state index < -0.39 is 6.10 Å². The Labute approximate surface area is 111 Å². The highest BCUT2D eigenvalue weighted by Crippen LogP contribution is 2.05. The molecular formula is C14H28N2O2. The van der Waals surface area contributed by atoms with Crippen LogP contribution in [0.4, 0.5) is 0 Å². The van der Waals surface area contributed by atoms with Crippen LogP contribution in [-0.2, 0) is 9.53 Å². The molecule has 0 aliphatic heterocycles. The van der Waals surface area contributed by atoms with E-state index in [1.165, 1.54) is 0 Å². The molecular weight excluding hydrogens is 228 g/mol. The van der Waals surface area contributed by atoms with Crippen LogP contribution < -0.4 is 5.73 Å². The zero-order valence-electron chi connectivity index (χ0n) is 12.2. The van der Waals surface area contributed by atoms with E-state index in [2.05, 4.69) is 20.4 Å². The van der Waals surface area contributed by atoms with Crippen molar-refractivity contribution in [2.24, 2.45) is 11.7 Å². The highest BCUT2D eigenvalue weighted by atomic mass is 16.5. The van der Waals surface area contributed by atoms with Crippen molar-refractivity contribution in [1.29, 1.82) is 0 Å². The van der Waals surface area contributed by atoms with Gasteiger partial charge in [-0.05, 0) is 25.7 Å². The molecule has 0 heterocycles. The molecule has 0 rings (SSSR count). The van der Waals surface area contributed by atoms with Gasteiger partial charge in [-0.2, -0.15) is 0 Å². The van der Waals surface area contributed by atoms with Gasteiger partial charge in [0.2, 0.25) is 0 Å². The van der Waals surface area contributed by atoms with E-state index in [0.29, 0.717) is 19.1 Å². The fraction of sp³-hybridized carbons (Fsp3) is 0.786. The summed E-state index contributed by atoms with van der Waals surface area (Å²) in [5.41, 5.74) is 5.96. The van der Waals surface area contributed by atoms with Gasteiger partial charge in [0.05, 0.1) is 6.61 Å². The predicted molar refractivity (Wildman–Crippen MR) is 75.3 cm³/mol. The third kappa shape index (κ3) is 6.77. The lowest BCUT2D eigenvalue weighted by atomic mass is 10.0. The summed E-state index contributed by atoms with van der Waals surface area (Å²) in [6.07, 6.45) is 2.96. The van der Waals surface area contributed by atoms with E-state index in [4.69, 9.17) is 10.5 Å². The molecule has 0 spiro atoms. The van der Waals surface area contributed by atoms with Crippen molar-refractivity contribution in [2.75, 3.05) is 20.2 Å². The molecule has 2 atom stereocenters. The van der Waals surface area contributed by atoms with Gasteiger partial charge in [0.25, 0.3) is 5.91 Å². The number of likely N-dealkylation sites (N-methyl/N-ethyl adjacent to an activating group) is 1. The summed E-state index contributed by atoms with van der Waals surface area (Å²) in [6, 6.07) is 0.136. The number of amides is 1. The van der Waals surface area contributed by atoms with Crippen LogP contribution in [0.25, 0.3) is 0 Å². The smallest absolute Gasteiger partial charge is 0.251 e. The molecule has 0 saturated heterocycles. The normalized spacial score (nSPS) is 14.3. The highest BCUT2D eigenvalue weighted by molar-refractivity contribution is 5.80. The lowest BCUT2D eigenvalue weighted by molar-refractivity contribution is -0.141. The standard InChI is InChI=1S/C14H28N2O2/c1-6-7-10-18-12(4)14(17)16(5)9-8-13(15)11(2)3/h6,11-13H,1,7-10,15H2,2-5H3. The molecule has 0 bridgehead atoms. The molecule has 18 heavy (non-hydrogen) atoms. The predicted octanol–water partition coefficient (Wildman–Crippen LogP) is 1.80. The van der Waals surface area contributed by atoms with Crippen LogP contribution >= 0.6 is 0 Å². The summed E-state index contributed by atoms with van der Waals surface area (Å²) in [6.45, 7) is 10.8. The molecule has 2 unspecified atom stereocenters. The first-order valence-corrected chi connectivity index (χ1v) is 6.63. The molecule has 0 saturated carbocycles. The van der Waals surface area contributed by atoms with Crippen LogP contribution in [-0.4, -0.2) is 43.2 Å². The number of carbonyl (C=O) groups is 1. The first-order chi connectivity index (χ1) is 8.40. The number of ether oxygens (including phenoxy) is 1. The zero-order chi connectivity index (χ0) is 14.1. The summed E-state index contributed by atoms with van der Waals surface area (Å²) in [5, 5.41) is 0. The molecule has 0 aliphatic carbocycles. The van der Waals surface area contributed by atoms with Crippen molar-refractivity contribution in [3.8, 4) is 0 Å². The van der Waals surface area contributed by atoms with Crippen LogP contribution in [0.15, 0.2) is 12.7 Å². The Hall–Kier alpha value is -0.870. The van der Waals surface area contributed by atoms with Gasteiger partial charge in [-0.25, -0.2) is 0 Å². The number of hydrogen-bond acceptors (Lipinski definition) is 3. The topological polar surface area (TPSA) is 55.6 Å². The van der Waals surface area contributed by atoms with Gasteiger partial charge in [-0.3, -0.25) is 4.79 Å². The molecule has 4 heteroatoms. The molecule has 0 aromatic rings. The second-order valence-electron chi connectivity index (χ2n) is 5.05. The first kappa shape index (κ1) is 17.1. The van der Waals surface area contributed by atoms with Gasteiger partial charge >= 0.3 is 0 Å². The van der Waals surface area contributed by atoms with Crippen LogP contribution in [0.5, 0.6) is 0 Å². The van der Waals surface area contributed by atoms with Crippen LogP contribution in [0.3, 0.4) is 0 Å². The zero-order valence-corrected chi connectivity index (χ0v) is 12.2. The minimum Gasteiger partial charge on any atom is -0.368 e. The SMILES string of the molecule is C=CCCOC(C)C(=O)N(C)CCC(N)C(C)C. The van der Waals surface area contributed by atoms with Gasteiger partial charge < -0.3 is 15.4 Å². The molecule has 1 amide bonds. The summed E-state index contributed by atoms with van der Waals surface area (Å²) in [7, 11) is 1.79. The molecule has 0 radical (unpaired) electrons. The summed E-state index contributed by atoms with van der Waals surface area (Å²) in [5.74, 6) is 0.449. The molecule has 0 aromatic heterocycles. The Morgan fingerprint density at radius 1 is 1.44 bits per heavy atom. The van der Waals surface area contributed by atoms with Crippen molar-refractivity contribution in [3.05, 3.63) is 12.7 Å². The number of nitrogens with two attached hydrogens (primary N) is 1. The quantitative estimate of drug-likeness (QED) is 0.505. The van der Waals surface area contributed by atoms with Gasteiger partial charge in [-0.15, -0.1) is 6.58 Å². The maximum absolute atomic E-state index is 12.0. The highest BCUT2D eigenvalue weighted by Gasteiger charge is 2.18. The largest absolute Gasteiger partial charge is 0.368 e. The number of rotatable bonds is 9. The Kier molecular flexibility index (Phi) is 8.67. The van der Waals surface area contributed by atoms with Crippen molar-refractivity contribution >= 4 is 5.91 Å². The third-order valence-corrected chi connectivity index (χ3v) is 3.07. The minimum atomic E-state index is -0.398. The summed E-state index contributed by atoms with van der Waals surface area (Å²) >= 11 is 0. The van der Waals surface area contributed by atoms with Crippen LogP contribution in [0.2, 0.25) is 0 Å². The van der Waals surface area contributed by atoms with Crippen molar-refractivity contribution < 1.29 is 9.53 Å². The molecule has 4 nitrogen and oxygen atoms in total. The maximum Gasteiger partial charge on any atom is 0.251 e. The fourth-order valence-electron chi connectivity index (χ4n) is 1.50. The lowest BCUT2D eigenvalue weighted by Crippen LogP contribution is -2.39. The van der Waals surface area contributed by atoms with E-state index in [-0.39, 0.29) is 11.9 Å². The molecule has 0 aliphatic rings. The Morgan fingerprint density at radius 2 is 2.06 bits per heavy atom. The second-order valence-corrected chi connectivity index (χ2v) is 5.05. The minimum absolute atomic E-state index is 0.00928. The molecule has 106 valence electrons. The Morgan fingerprint density at radius 3 is 2.56 bits per heavy atom. The first-order valence-electron chi connectivity index (χ1n) is 6.63. The van der Waals surface area contributed by atoms with E-state index in [0.717, 1.165) is 12.8 Å². The van der Waals surface area contributed by atoms with E-state index in [1.54, 1.807) is 24.9 Å². The lowest BCUT2D eigenvalue weighted by Gasteiger charge is -2.24. The van der Waals surface area contributed by atoms with Crippen molar-refractivity contribution in [3.63, 3.8) is 0 Å². The van der Waals surface area contributed by atoms with E-state index >= 15 is 0 Å². The van der Waals surface area contributed by atoms with Gasteiger partial charge in [0.15, 0.2) is 0 Å². The monoisotopic (exact) mass is 256 g/mol. The Bertz CT molecular complexity index is 254. The van der Waals surface area contributed by atoms with E-state index in [1.807, 2.05) is 0 Å². The van der Waals surface area contributed by atoms with Crippen molar-refractivity contribution in [2.45, 2.75) is 45.8 Å². The number of hydrogen-bond donors (Lipinski definition) is 1. The molecule has 0 aromatic carbocycles. The number of nitrogens with zero attached hydrogens (tertiary/aromatic N) is 1. The van der Waals surface area contributed by atoms with E-state index in [9.17, 15) is 4.79 Å². The number of carbonyl (C=O) groups excluding carboxylic acids is 1. The third-order valence-electron chi connectivity index (χ3n) is 3.07. The van der Waals surface area contributed by atoms with Crippen LogP contribution in [0.1, 0.15) is 33.6 Å². The maximum atomic E-state index is 12.0.